The summed E-state index contributed by atoms with van der Waals surface area (Å²) in [6, 6.07) is 17.1. The van der Waals surface area contributed by atoms with Gasteiger partial charge >= 0.3 is 0 Å². The minimum atomic E-state index is -0.519. The summed E-state index contributed by atoms with van der Waals surface area (Å²) in [5.41, 5.74) is 1.96. The van der Waals surface area contributed by atoms with Crippen LogP contribution in [-0.4, -0.2) is 28.8 Å². The van der Waals surface area contributed by atoms with Crippen LogP contribution >= 0.6 is 11.6 Å². The molecular formula is C24H29ClN2O2. The zero-order chi connectivity index (χ0) is 20.6. The van der Waals surface area contributed by atoms with Gasteiger partial charge in [-0.25, -0.2) is 0 Å². The second-order valence-corrected chi connectivity index (χ2v) is 8.17. The van der Waals surface area contributed by atoms with Crippen molar-refractivity contribution in [3.8, 4) is 0 Å². The van der Waals surface area contributed by atoms with Gasteiger partial charge in [0.05, 0.1) is 0 Å². The Balaban J connectivity index is 1.69. The van der Waals surface area contributed by atoms with Crippen molar-refractivity contribution in [2.24, 2.45) is 0 Å². The summed E-state index contributed by atoms with van der Waals surface area (Å²) in [6.45, 7) is 2.24. The first-order valence-electron chi connectivity index (χ1n) is 10.4. The van der Waals surface area contributed by atoms with Crippen molar-refractivity contribution in [1.29, 1.82) is 0 Å². The van der Waals surface area contributed by atoms with Crippen LogP contribution in [0.15, 0.2) is 54.6 Å². The lowest BCUT2D eigenvalue weighted by molar-refractivity contribution is -0.140. The predicted octanol–water partition coefficient (Wildman–Crippen LogP) is 4.75. The second kappa shape index (κ2) is 10.4. The van der Waals surface area contributed by atoms with Crippen molar-refractivity contribution in [2.45, 2.75) is 64.1 Å². The van der Waals surface area contributed by atoms with Crippen LogP contribution in [0.5, 0.6) is 0 Å². The van der Waals surface area contributed by atoms with Crippen molar-refractivity contribution in [2.75, 3.05) is 0 Å². The summed E-state index contributed by atoms with van der Waals surface area (Å²) >= 11 is 6.24. The molecule has 154 valence electrons. The number of hydrogen-bond acceptors (Lipinski definition) is 2. The Labute approximate surface area is 178 Å². The summed E-state index contributed by atoms with van der Waals surface area (Å²) in [5.74, 6) is -0.109. The fourth-order valence-electron chi connectivity index (χ4n) is 3.84. The molecule has 0 saturated heterocycles. The van der Waals surface area contributed by atoms with Gasteiger partial charge in [-0.1, -0.05) is 73.0 Å². The zero-order valence-electron chi connectivity index (χ0n) is 16.9. The van der Waals surface area contributed by atoms with Gasteiger partial charge < -0.3 is 10.2 Å². The average molecular weight is 413 g/mol. The zero-order valence-corrected chi connectivity index (χ0v) is 17.7. The lowest BCUT2D eigenvalue weighted by Crippen LogP contribution is -2.49. The Morgan fingerprint density at radius 3 is 2.41 bits per heavy atom. The van der Waals surface area contributed by atoms with E-state index in [-0.39, 0.29) is 17.9 Å². The van der Waals surface area contributed by atoms with E-state index in [2.05, 4.69) is 5.32 Å². The molecule has 5 heteroatoms. The van der Waals surface area contributed by atoms with E-state index in [0.29, 0.717) is 24.4 Å². The molecule has 4 nitrogen and oxygen atoms in total. The van der Waals surface area contributed by atoms with Crippen LogP contribution < -0.4 is 5.32 Å². The van der Waals surface area contributed by atoms with Crippen LogP contribution in [-0.2, 0) is 22.6 Å². The van der Waals surface area contributed by atoms with Crippen molar-refractivity contribution < 1.29 is 9.59 Å². The van der Waals surface area contributed by atoms with Gasteiger partial charge in [-0.05, 0) is 43.4 Å². The summed E-state index contributed by atoms with van der Waals surface area (Å²) < 4.78 is 0. The molecule has 29 heavy (non-hydrogen) atoms. The standard InChI is InChI=1S/C24H29ClN2O2/c1-18(24(29)26-21-12-6-7-13-21)27(17-19-9-3-2-4-10-19)23(28)16-15-20-11-5-8-14-22(20)25/h2-5,8-11,14,18,21H,6-7,12-13,15-17H2,1H3,(H,26,29)/t18-/m1/s1. The van der Waals surface area contributed by atoms with Crippen molar-refractivity contribution in [1.82, 2.24) is 10.2 Å². The molecule has 2 aromatic rings. The lowest BCUT2D eigenvalue weighted by Gasteiger charge is -2.30. The number of halogens is 1. The highest BCUT2D eigenvalue weighted by Crippen LogP contribution is 2.20. The summed E-state index contributed by atoms with van der Waals surface area (Å²) in [5, 5.41) is 3.80. The first kappa shape index (κ1) is 21.4. The van der Waals surface area contributed by atoms with E-state index in [1.807, 2.05) is 61.5 Å². The molecule has 0 heterocycles. The maximum absolute atomic E-state index is 13.1. The minimum absolute atomic E-state index is 0.0390. The van der Waals surface area contributed by atoms with Crippen LogP contribution in [0.3, 0.4) is 0 Å². The van der Waals surface area contributed by atoms with Gasteiger partial charge in [0.2, 0.25) is 11.8 Å². The molecule has 0 radical (unpaired) electrons. The second-order valence-electron chi connectivity index (χ2n) is 7.76. The SMILES string of the molecule is C[C@H](C(=O)NC1CCCC1)N(Cc1ccccc1)C(=O)CCc1ccccc1Cl. The molecule has 1 N–H and O–H groups in total. The Morgan fingerprint density at radius 1 is 1.07 bits per heavy atom. The van der Waals surface area contributed by atoms with E-state index in [1.54, 1.807) is 4.90 Å². The number of nitrogens with zero attached hydrogens (tertiary/aromatic N) is 1. The van der Waals surface area contributed by atoms with Crippen molar-refractivity contribution in [3.05, 3.63) is 70.7 Å². The van der Waals surface area contributed by atoms with E-state index in [4.69, 9.17) is 11.6 Å². The minimum Gasteiger partial charge on any atom is -0.352 e. The Hall–Kier alpha value is -2.33. The first-order chi connectivity index (χ1) is 14.0. The molecule has 0 aromatic heterocycles. The highest BCUT2D eigenvalue weighted by Gasteiger charge is 2.28. The summed E-state index contributed by atoms with van der Waals surface area (Å²) in [4.78, 5) is 27.6. The van der Waals surface area contributed by atoms with Crippen LogP contribution in [0.2, 0.25) is 5.02 Å². The molecule has 0 unspecified atom stereocenters. The monoisotopic (exact) mass is 412 g/mol. The molecule has 0 spiro atoms. The van der Waals surface area contributed by atoms with Gasteiger partial charge in [0, 0.05) is 24.0 Å². The van der Waals surface area contributed by atoms with E-state index in [0.717, 1.165) is 36.8 Å². The van der Waals surface area contributed by atoms with Crippen LogP contribution in [0, 0.1) is 0 Å². The molecule has 1 aliphatic rings. The highest BCUT2D eigenvalue weighted by molar-refractivity contribution is 6.31. The Morgan fingerprint density at radius 2 is 1.72 bits per heavy atom. The van der Waals surface area contributed by atoms with E-state index >= 15 is 0 Å². The largest absolute Gasteiger partial charge is 0.352 e. The third kappa shape index (κ3) is 6.07. The smallest absolute Gasteiger partial charge is 0.242 e. The number of rotatable bonds is 8. The van der Waals surface area contributed by atoms with Gasteiger partial charge in [0.1, 0.15) is 6.04 Å². The predicted molar refractivity (Wildman–Crippen MR) is 117 cm³/mol. The quantitative estimate of drug-likeness (QED) is 0.680. The fraction of sp³-hybridized carbons (Fsp3) is 0.417. The fourth-order valence-corrected chi connectivity index (χ4v) is 4.07. The third-order valence-corrected chi connectivity index (χ3v) is 6.00. The third-order valence-electron chi connectivity index (χ3n) is 5.63. The first-order valence-corrected chi connectivity index (χ1v) is 10.8. The molecule has 2 aromatic carbocycles. The lowest BCUT2D eigenvalue weighted by atomic mass is 10.1. The molecular weight excluding hydrogens is 384 g/mol. The summed E-state index contributed by atoms with van der Waals surface area (Å²) in [7, 11) is 0. The summed E-state index contributed by atoms with van der Waals surface area (Å²) in [6.07, 6.45) is 5.24. The van der Waals surface area contributed by atoms with Crippen molar-refractivity contribution in [3.63, 3.8) is 0 Å². The topological polar surface area (TPSA) is 49.4 Å². The number of hydrogen-bond donors (Lipinski definition) is 1. The number of aryl methyl sites for hydroxylation is 1. The Bertz CT molecular complexity index is 819. The number of carbonyl (C=O) groups is 2. The molecule has 0 bridgehead atoms. The molecule has 1 saturated carbocycles. The maximum Gasteiger partial charge on any atom is 0.242 e. The van der Waals surface area contributed by atoms with E-state index < -0.39 is 6.04 Å². The van der Waals surface area contributed by atoms with Gasteiger partial charge in [-0.3, -0.25) is 9.59 Å². The number of nitrogens with one attached hydrogen (secondary N) is 1. The van der Waals surface area contributed by atoms with Gasteiger partial charge in [0.25, 0.3) is 0 Å². The molecule has 2 amide bonds. The van der Waals surface area contributed by atoms with Crippen LogP contribution in [0.4, 0.5) is 0 Å². The molecule has 1 atom stereocenters. The number of benzene rings is 2. The number of amides is 2. The van der Waals surface area contributed by atoms with Gasteiger partial charge in [-0.2, -0.15) is 0 Å². The maximum atomic E-state index is 13.1. The molecule has 3 rings (SSSR count). The highest BCUT2D eigenvalue weighted by atomic mass is 35.5. The Kier molecular flexibility index (Phi) is 7.70. The van der Waals surface area contributed by atoms with Crippen molar-refractivity contribution >= 4 is 23.4 Å². The average Bonchev–Trinajstić information content (AvgIpc) is 3.24. The molecule has 1 fully saturated rings. The van der Waals surface area contributed by atoms with E-state index in [9.17, 15) is 9.59 Å². The molecule has 1 aliphatic carbocycles. The normalized spacial score (nSPS) is 15.1. The number of carbonyl (C=O) groups excluding carboxylic acids is 2. The van der Waals surface area contributed by atoms with Gasteiger partial charge in [-0.15, -0.1) is 0 Å². The van der Waals surface area contributed by atoms with Crippen LogP contribution in [0.1, 0.15) is 50.2 Å². The van der Waals surface area contributed by atoms with Gasteiger partial charge in [0.15, 0.2) is 0 Å². The van der Waals surface area contributed by atoms with E-state index in [1.165, 1.54) is 0 Å². The molecule has 0 aliphatic heterocycles. The van der Waals surface area contributed by atoms with Crippen LogP contribution in [0.25, 0.3) is 0 Å².